The molecule has 0 aliphatic carbocycles. The molecule has 0 saturated carbocycles. The lowest BCUT2D eigenvalue weighted by atomic mass is 10.1. The van der Waals surface area contributed by atoms with Gasteiger partial charge in [0.2, 0.25) is 10.0 Å². The van der Waals surface area contributed by atoms with E-state index in [0.29, 0.717) is 18.7 Å². The van der Waals surface area contributed by atoms with Crippen molar-refractivity contribution >= 4 is 21.6 Å². The molecule has 1 heterocycles. The zero-order chi connectivity index (χ0) is 20.7. The third-order valence-corrected chi connectivity index (χ3v) is 7.23. The van der Waals surface area contributed by atoms with E-state index in [1.807, 2.05) is 37.3 Å². The van der Waals surface area contributed by atoms with Crippen LogP contribution >= 0.6 is 0 Å². The fourth-order valence-corrected chi connectivity index (χ4v) is 5.22. The summed E-state index contributed by atoms with van der Waals surface area (Å²) in [4.78, 5) is 12.5. The summed E-state index contributed by atoms with van der Waals surface area (Å²) in [6, 6.07) is 16.1. The van der Waals surface area contributed by atoms with E-state index in [1.54, 1.807) is 16.4 Å². The van der Waals surface area contributed by atoms with Crippen LogP contribution in [0.15, 0.2) is 59.5 Å². The number of piperidine rings is 1. The van der Waals surface area contributed by atoms with Gasteiger partial charge in [-0.3, -0.25) is 4.79 Å². The summed E-state index contributed by atoms with van der Waals surface area (Å²) in [5.74, 6) is -0.194. The zero-order valence-corrected chi connectivity index (χ0v) is 17.6. The van der Waals surface area contributed by atoms with Gasteiger partial charge in [0.25, 0.3) is 5.91 Å². The number of hydrogen-bond acceptors (Lipinski definition) is 4. The monoisotopic (exact) mass is 415 g/mol. The SMILES string of the molecule is CC1CCCCN1S(=O)(=O)c1ccc(C(=O)NCCCNc2ccccc2)cc1. The van der Waals surface area contributed by atoms with Crippen molar-refractivity contribution in [2.75, 3.05) is 25.0 Å². The van der Waals surface area contributed by atoms with E-state index in [-0.39, 0.29) is 16.8 Å². The number of hydrogen-bond donors (Lipinski definition) is 2. The van der Waals surface area contributed by atoms with Crippen LogP contribution in [-0.2, 0) is 10.0 Å². The smallest absolute Gasteiger partial charge is 0.251 e. The quantitative estimate of drug-likeness (QED) is 0.647. The Bertz CT molecular complexity index is 899. The molecule has 2 aromatic carbocycles. The number of carbonyl (C=O) groups excluding carboxylic acids is 1. The third-order valence-electron chi connectivity index (χ3n) is 5.21. The van der Waals surface area contributed by atoms with Crippen molar-refractivity contribution < 1.29 is 13.2 Å². The van der Waals surface area contributed by atoms with Crippen LogP contribution in [0.5, 0.6) is 0 Å². The summed E-state index contributed by atoms with van der Waals surface area (Å²) in [6.45, 7) is 3.81. The molecular weight excluding hydrogens is 386 g/mol. The van der Waals surface area contributed by atoms with E-state index >= 15 is 0 Å². The standard InChI is InChI=1S/C22H29N3O3S/c1-18-8-5-6-17-25(18)29(27,28)21-13-11-19(12-14-21)22(26)24-16-7-15-23-20-9-3-2-4-10-20/h2-4,9-14,18,23H,5-8,15-17H2,1H3,(H,24,26). The first-order valence-corrected chi connectivity index (χ1v) is 11.6. The van der Waals surface area contributed by atoms with Crippen LogP contribution in [0.3, 0.4) is 0 Å². The van der Waals surface area contributed by atoms with Crippen LogP contribution in [0.1, 0.15) is 43.0 Å². The van der Waals surface area contributed by atoms with Gasteiger partial charge in [-0.2, -0.15) is 4.31 Å². The van der Waals surface area contributed by atoms with Gasteiger partial charge in [0, 0.05) is 36.9 Å². The fourth-order valence-electron chi connectivity index (χ4n) is 3.52. The average molecular weight is 416 g/mol. The average Bonchev–Trinajstić information content (AvgIpc) is 2.74. The number of benzene rings is 2. The first-order chi connectivity index (χ1) is 14.0. The third kappa shape index (κ3) is 5.58. The molecule has 2 aromatic rings. The molecule has 1 fully saturated rings. The normalized spacial score (nSPS) is 17.6. The minimum Gasteiger partial charge on any atom is -0.385 e. The van der Waals surface area contributed by atoms with Crippen molar-refractivity contribution in [3.63, 3.8) is 0 Å². The predicted octanol–water partition coefficient (Wildman–Crippen LogP) is 3.48. The van der Waals surface area contributed by atoms with Crippen molar-refractivity contribution in [1.82, 2.24) is 9.62 Å². The van der Waals surface area contributed by atoms with Gasteiger partial charge in [0.1, 0.15) is 0 Å². The predicted molar refractivity (Wildman–Crippen MR) is 116 cm³/mol. The summed E-state index contributed by atoms with van der Waals surface area (Å²) in [5.41, 5.74) is 1.52. The van der Waals surface area contributed by atoms with Crippen molar-refractivity contribution in [2.45, 2.75) is 43.5 Å². The van der Waals surface area contributed by atoms with E-state index < -0.39 is 10.0 Å². The minimum absolute atomic E-state index is 0.0150. The number of anilines is 1. The van der Waals surface area contributed by atoms with E-state index in [1.165, 1.54) is 12.1 Å². The summed E-state index contributed by atoms with van der Waals surface area (Å²) in [7, 11) is -3.51. The molecule has 1 aliphatic rings. The first kappa shape index (κ1) is 21.3. The lowest BCUT2D eigenvalue weighted by Crippen LogP contribution is -2.41. The maximum Gasteiger partial charge on any atom is 0.251 e. The van der Waals surface area contributed by atoms with Gasteiger partial charge in [0.15, 0.2) is 0 Å². The van der Waals surface area contributed by atoms with Crippen molar-refractivity contribution in [2.24, 2.45) is 0 Å². The highest BCUT2D eigenvalue weighted by Crippen LogP contribution is 2.25. The Kier molecular flexibility index (Phi) is 7.28. The van der Waals surface area contributed by atoms with Gasteiger partial charge in [0.05, 0.1) is 4.90 Å². The second kappa shape index (κ2) is 9.89. The summed E-state index contributed by atoms with van der Waals surface area (Å²) in [6.07, 6.45) is 3.63. The largest absolute Gasteiger partial charge is 0.385 e. The van der Waals surface area contributed by atoms with E-state index in [2.05, 4.69) is 10.6 Å². The summed E-state index contributed by atoms with van der Waals surface area (Å²) < 4.78 is 27.3. The molecule has 1 saturated heterocycles. The first-order valence-electron chi connectivity index (χ1n) is 10.2. The molecule has 1 amide bonds. The summed E-state index contributed by atoms with van der Waals surface area (Å²) in [5, 5.41) is 6.17. The molecule has 1 atom stereocenters. The van der Waals surface area contributed by atoms with Crippen LogP contribution in [0.25, 0.3) is 0 Å². The maximum absolute atomic E-state index is 12.9. The Morgan fingerprint density at radius 1 is 1.03 bits per heavy atom. The highest BCUT2D eigenvalue weighted by molar-refractivity contribution is 7.89. The van der Waals surface area contributed by atoms with E-state index in [9.17, 15) is 13.2 Å². The Hall–Kier alpha value is -2.38. The maximum atomic E-state index is 12.9. The molecule has 0 spiro atoms. The Labute approximate surface area is 173 Å². The molecular formula is C22H29N3O3S. The lowest BCUT2D eigenvalue weighted by molar-refractivity contribution is 0.0953. The van der Waals surface area contributed by atoms with Gasteiger partial charge < -0.3 is 10.6 Å². The number of sulfonamides is 1. The molecule has 1 aliphatic heterocycles. The lowest BCUT2D eigenvalue weighted by Gasteiger charge is -2.32. The minimum atomic E-state index is -3.51. The Balaban J connectivity index is 1.49. The molecule has 0 bridgehead atoms. The highest BCUT2D eigenvalue weighted by atomic mass is 32.2. The van der Waals surface area contributed by atoms with Crippen LogP contribution in [0.2, 0.25) is 0 Å². The molecule has 2 N–H and O–H groups in total. The highest BCUT2D eigenvalue weighted by Gasteiger charge is 2.30. The Morgan fingerprint density at radius 3 is 2.45 bits per heavy atom. The van der Waals surface area contributed by atoms with Gasteiger partial charge in [-0.05, 0) is 62.6 Å². The fraction of sp³-hybridized carbons (Fsp3) is 0.409. The van der Waals surface area contributed by atoms with Crippen molar-refractivity contribution in [1.29, 1.82) is 0 Å². The van der Waals surface area contributed by atoms with Crippen molar-refractivity contribution in [3.8, 4) is 0 Å². The van der Waals surface area contributed by atoms with E-state index in [0.717, 1.165) is 37.9 Å². The Morgan fingerprint density at radius 2 is 1.76 bits per heavy atom. The number of rotatable bonds is 8. The van der Waals surface area contributed by atoms with Crippen LogP contribution < -0.4 is 10.6 Å². The number of carbonyl (C=O) groups is 1. The van der Waals surface area contributed by atoms with Gasteiger partial charge in [-0.1, -0.05) is 24.6 Å². The second-order valence-corrected chi connectivity index (χ2v) is 9.28. The molecule has 29 heavy (non-hydrogen) atoms. The van der Waals surface area contributed by atoms with Crippen LogP contribution in [0, 0.1) is 0 Å². The molecule has 7 heteroatoms. The molecule has 156 valence electrons. The van der Waals surface area contributed by atoms with Gasteiger partial charge in [-0.15, -0.1) is 0 Å². The molecule has 3 rings (SSSR count). The number of nitrogens with zero attached hydrogens (tertiary/aromatic N) is 1. The van der Waals surface area contributed by atoms with Crippen LogP contribution in [0.4, 0.5) is 5.69 Å². The van der Waals surface area contributed by atoms with E-state index in [4.69, 9.17) is 0 Å². The second-order valence-electron chi connectivity index (χ2n) is 7.39. The number of amides is 1. The molecule has 1 unspecified atom stereocenters. The van der Waals surface area contributed by atoms with Crippen molar-refractivity contribution in [3.05, 3.63) is 60.2 Å². The summed E-state index contributed by atoms with van der Waals surface area (Å²) >= 11 is 0. The zero-order valence-electron chi connectivity index (χ0n) is 16.8. The number of nitrogens with one attached hydrogen (secondary N) is 2. The molecule has 0 radical (unpaired) electrons. The topological polar surface area (TPSA) is 78.5 Å². The number of para-hydroxylation sites is 1. The van der Waals surface area contributed by atoms with Gasteiger partial charge >= 0.3 is 0 Å². The molecule has 0 aromatic heterocycles. The molecule has 6 nitrogen and oxygen atoms in total. The van der Waals surface area contributed by atoms with Crippen LogP contribution in [-0.4, -0.2) is 44.3 Å². The van der Waals surface area contributed by atoms with Gasteiger partial charge in [-0.25, -0.2) is 8.42 Å².